The van der Waals surface area contributed by atoms with Gasteiger partial charge in [0.25, 0.3) is 0 Å². The van der Waals surface area contributed by atoms with Gasteiger partial charge in [-0.2, -0.15) is 0 Å². The number of carbonyl (C=O) groups is 1. The largest absolute Gasteiger partial charge is 0.381 e. The van der Waals surface area contributed by atoms with Crippen LogP contribution in [0.1, 0.15) is 50.4 Å². The second-order valence-electron chi connectivity index (χ2n) is 6.81. The lowest BCUT2D eigenvalue weighted by Crippen LogP contribution is -2.35. The Morgan fingerprint density at radius 1 is 1.40 bits per heavy atom. The smallest absolute Gasteiger partial charge is 0.248 e. The van der Waals surface area contributed by atoms with Crippen molar-refractivity contribution in [2.45, 2.75) is 46.1 Å². The Labute approximate surface area is 125 Å². The third kappa shape index (κ3) is 3.66. The molecule has 1 aromatic rings. The summed E-state index contributed by atoms with van der Waals surface area (Å²) in [6, 6.07) is 5.51. The fourth-order valence-electron chi connectivity index (χ4n) is 3.47. The number of halogens is 1. The summed E-state index contributed by atoms with van der Waals surface area (Å²) in [5.74, 6) is 0.261. The van der Waals surface area contributed by atoms with E-state index in [-0.39, 0.29) is 0 Å². The van der Waals surface area contributed by atoms with Gasteiger partial charge in [0.2, 0.25) is 5.91 Å². The molecule has 1 aliphatic rings. The zero-order chi connectivity index (χ0) is 14.9. The molecule has 20 heavy (non-hydrogen) atoms. The van der Waals surface area contributed by atoms with Gasteiger partial charge in [0.05, 0.1) is 10.7 Å². The minimum absolute atomic E-state index is 0.336. The number of nitrogens with two attached hydrogens (primary N) is 1. The van der Waals surface area contributed by atoms with Crippen LogP contribution in [0.2, 0.25) is 5.02 Å². The Morgan fingerprint density at radius 2 is 2.10 bits per heavy atom. The summed E-state index contributed by atoms with van der Waals surface area (Å²) in [7, 11) is 0. The molecule has 1 fully saturated rings. The topological polar surface area (TPSA) is 55.1 Å². The lowest BCUT2D eigenvalue weighted by molar-refractivity contribution is 0.1000. The monoisotopic (exact) mass is 294 g/mol. The van der Waals surface area contributed by atoms with Crippen LogP contribution >= 0.6 is 11.6 Å². The number of hydrogen-bond acceptors (Lipinski definition) is 2. The van der Waals surface area contributed by atoms with Crippen molar-refractivity contribution in [1.82, 2.24) is 0 Å². The van der Waals surface area contributed by atoms with Gasteiger partial charge in [-0.3, -0.25) is 4.79 Å². The summed E-state index contributed by atoms with van der Waals surface area (Å²) >= 11 is 6.21. The van der Waals surface area contributed by atoms with Crippen molar-refractivity contribution in [3.05, 3.63) is 28.8 Å². The minimum atomic E-state index is -0.429. The maximum Gasteiger partial charge on any atom is 0.248 e. The maximum absolute atomic E-state index is 11.3. The van der Waals surface area contributed by atoms with E-state index in [2.05, 4.69) is 26.1 Å². The summed E-state index contributed by atoms with van der Waals surface area (Å²) in [5.41, 5.74) is 6.95. The first-order valence-corrected chi connectivity index (χ1v) is 7.50. The lowest BCUT2D eigenvalue weighted by atomic mass is 9.70. The van der Waals surface area contributed by atoms with E-state index in [1.165, 1.54) is 6.42 Å². The molecule has 0 radical (unpaired) electrons. The van der Waals surface area contributed by atoms with Crippen molar-refractivity contribution in [2.75, 3.05) is 5.32 Å². The Kier molecular flexibility index (Phi) is 4.28. The lowest BCUT2D eigenvalue weighted by Gasteiger charge is -2.39. The molecule has 0 aliphatic heterocycles. The standard InChI is InChI=1S/C16H23ClN2O/c1-10-6-12(9-16(2,3)8-10)19-14-7-11(15(18)20)4-5-13(14)17/h4-5,7,10,12,19H,6,8-9H2,1-3H3,(H2,18,20). The van der Waals surface area contributed by atoms with Gasteiger partial charge in [0.15, 0.2) is 0 Å². The fraction of sp³-hybridized carbons (Fsp3) is 0.562. The summed E-state index contributed by atoms with van der Waals surface area (Å²) in [6.07, 6.45) is 3.48. The molecule has 110 valence electrons. The summed E-state index contributed by atoms with van der Waals surface area (Å²) in [6.45, 7) is 6.90. The molecule has 4 heteroatoms. The number of hydrogen-bond donors (Lipinski definition) is 2. The third-order valence-electron chi connectivity index (χ3n) is 4.00. The fourth-order valence-corrected chi connectivity index (χ4v) is 3.64. The molecule has 3 nitrogen and oxygen atoms in total. The van der Waals surface area contributed by atoms with Gasteiger partial charge >= 0.3 is 0 Å². The van der Waals surface area contributed by atoms with Gasteiger partial charge in [-0.1, -0.05) is 32.4 Å². The van der Waals surface area contributed by atoms with Crippen LogP contribution < -0.4 is 11.1 Å². The highest BCUT2D eigenvalue weighted by Gasteiger charge is 2.32. The van der Waals surface area contributed by atoms with E-state index < -0.39 is 5.91 Å². The van der Waals surface area contributed by atoms with E-state index in [9.17, 15) is 4.79 Å². The van der Waals surface area contributed by atoms with Crippen LogP contribution in [0, 0.1) is 11.3 Å². The zero-order valence-corrected chi connectivity index (χ0v) is 13.1. The first-order valence-electron chi connectivity index (χ1n) is 7.13. The van der Waals surface area contributed by atoms with Gasteiger partial charge in [-0.25, -0.2) is 0 Å². The van der Waals surface area contributed by atoms with Crippen LogP contribution in [0.3, 0.4) is 0 Å². The Balaban J connectivity index is 2.17. The van der Waals surface area contributed by atoms with Crippen molar-refractivity contribution >= 4 is 23.2 Å². The molecule has 2 unspecified atom stereocenters. The van der Waals surface area contributed by atoms with E-state index in [4.69, 9.17) is 17.3 Å². The van der Waals surface area contributed by atoms with Gasteiger partial charge in [-0.05, 0) is 48.8 Å². The minimum Gasteiger partial charge on any atom is -0.381 e. The van der Waals surface area contributed by atoms with Crippen LogP contribution in [0.4, 0.5) is 5.69 Å². The number of nitrogens with one attached hydrogen (secondary N) is 1. The van der Waals surface area contributed by atoms with Crippen molar-refractivity contribution in [3.63, 3.8) is 0 Å². The van der Waals surface area contributed by atoms with E-state index >= 15 is 0 Å². The van der Waals surface area contributed by atoms with Gasteiger partial charge in [0.1, 0.15) is 0 Å². The molecule has 2 atom stereocenters. The molecule has 0 aromatic heterocycles. The van der Waals surface area contributed by atoms with Crippen LogP contribution in [0.5, 0.6) is 0 Å². The average molecular weight is 295 g/mol. The van der Waals surface area contributed by atoms with E-state index in [0.717, 1.165) is 18.5 Å². The molecule has 0 bridgehead atoms. The van der Waals surface area contributed by atoms with Crippen LogP contribution in [0.15, 0.2) is 18.2 Å². The SMILES string of the molecule is CC1CC(Nc2cc(C(N)=O)ccc2Cl)CC(C)(C)C1. The Morgan fingerprint density at radius 3 is 2.70 bits per heavy atom. The van der Waals surface area contributed by atoms with Crippen molar-refractivity contribution < 1.29 is 4.79 Å². The van der Waals surface area contributed by atoms with Gasteiger partial charge in [0, 0.05) is 11.6 Å². The normalized spacial score (nSPS) is 25.2. The highest BCUT2D eigenvalue weighted by Crippen LogP contribution is 2.40. The third-order valence-corrected chi connectivity index (χ3v) is 4.33. The number of anilines is 1. The van der Waals surface area contributed by atoms with E-state index in [0.29, 0.717) is 28.0 Å². The molecule has 3 N–H and O–H groups in total. The summed E-state index contributed by atoms with van der Waals surface area (Å²) in [5, 5.41) is 4.12. The maximum atomic E-state index is 11.3. The predicted molar refractivity (Wildman–Crippen MR) is 84.2 cm³/mol. The molecule has 1 amide bonds. The van der Waals surface area contributed by atoms with Gasteiger partial charge < -0.3 is 11.1 Å². The molecular formula is C16H23ClN2O. The van der Waals surface area contributed by atoms with E-state index in [1.807, 2.05) is 0 Å². The molecule has 1 saturated carbocycles. The molecule has 0 spiro atoms. The highest BCUT2D eigenvalue weighted by atomic mass is 35.5. The number of amides is 1. The second kappa shape index (κ2) is 5.65. The molecule has 1 aliphatic carbocycles. The van der Waals surface area contributed by atoms with Crippen LogP contribution in [-0.4, -0.2) is 11.9 Å². The van der Waals surface area contributed by atoms with Crippen LogP contribution in [0.25, 0.3) is 0 Å². The molecule has 0 saturated heterocycles. The summed E-state index contributed by atoms with van der Waals surface area (Å²) < 4.78 is 0. The number of rotatable bonds is 3. The van der Waals surface area contributed by atoms with E-state index in [1.54, 1.807) is 18.2 Å². The first kappa shape index (κ1) is 15.2. The predicted octanol–water partition coefficient (Wildman–Crippen LogP) is 4.07. The van der Waals surface area contributed by atoms with Crippen molar-refractivity contribution in [1.29, 1.82) is 0 Å². The molecular weight excluding hydrogens is 272 g/mol. The quantitative estimate of drug-likeness (QED) is 0.883. The summed E-state index contributed by atoms with van der Waals surface area (Å²) in [4.78, 5) is 11.3. The Hall–Kier alpha value is -1.22. The van der Waals surface area contributed by atoms with Gasteiger partial charge in [-0.15, -0.1) is 0 Å². The Bertz CT molecular complexity index is 513. The molecule has 2 rings (SSSR count). The second-order valence-corrected chi connectivity index (χ2v) is 7.22. The molecule has 0 heterocycles. The highest BCUT2D eigenvalue weighted by molar-refractivity contribution is 6.33. The number of primary amides is 1. The van der Waals surface area contributed by atoms with Crippen LogP contribution in [-0.2, 0) is 0 Å². The zero-order valence-electron chi connectivity index (χ0n) is 12.4. The first-order chi connectivity index (χ1) is 9.27. The van der Waals surface area contributed by atoms with Crippen molar-refractivity contribution in [3.8, 4) is 0 Å². The van der Waals surface area contributed by atoms with Crippen molar-refractivity contribution in [2.24, 2.45) is 17.1 Å². The average Bonchev–Trinajstić information content (AvgIpc) is 2.28. The number of benzene rings is 1. The number of carbonyl (C=O) groups excluding carboxylic acids is 1. The molecule has 1 aromatic carbocycles.